The van der Waals surface area contributed by atoms with Crippen LogP contribution in [0, 0.1) is 0 Å². The number of sulfone groups is 1. The summed E-state index contributed by atoms with van der Waals surface area (Å²) in [6.45, 7) is 0. The summed E-state index contributed by atoms with van der Waals surface area (Å²) in [7, 11) is -3.92. The van der Waals surface area contributed by atoms with Crippen molar-refractivity contribution in [2.24, 2.45) is 0 Å². The highest BCUT2D eigenvalue weighted by molar-refractivity contribution is 9.11. The van der Waals surface area contributed by atoms with Crippen LogP contribution in [0.1, 0.15) is 35.9 Å². The van der Waals surface area contributed by atoms with Gasteiger partial charge in [0.15, 0.2) is 14.8 Å². The Balaban J connectivity index is 1.76. The highest BCUT2D eigenvalue weighted by Crippen LogP contribution is 2.60. The first kappa shape index (κ1) is 25.9. The fourth-order valence-electron chi connectivity index (χ4n) is 4.14. The van der Waals surface area contributed by atoms with Crippen molar-refractivity contribution in [2.45, 2.75) is 41.7 Å². The second-order valence-corrected chi connectivity index (χ2v) is 13.3. The minimum absolute atomic E-state index is 0.0115. The molecule has 0 saturated heterocycles. The van der Waals surface area contributed by atoms with Crippen molar-refractivity contribution in [1.82, 2.24) is 20.0 Å². The molecule has 2 aromatic heterocycles. The van der Waals surface area contributed by atoms with Crippen LogP contribution in [0.15, 0.2) is 45.8 Å². The Morgan fingerprint density at radius 3 is 2.50 bits per heavy atom. The van der Waals surface area contributed by atoms with Crippen molar-refractivity contribution in [3.63, 3.8) is 0 Å². The zero-order chi connectivity index (χ0) is 26.0. The maximum atomic E-state index is 13.7. The first-order valence-electron chi connectivity index (χ1n) is 10.6. The van der Waals surface area contributed by atoms with E-state index in [0.717, 1.165) is 10.7 Å². The molecule has 1 unspecified atom stereocenters. The highest BCUT2D eigenvalue weighted by Gasteiger charge is 2.66. The molecule has 0 spiro atoms. The summed E-state index contributed by atoms with van der Waals surface area (Å²) >= 11 is 16.6. The smallest absolute Gasteiger partial charge is 0.234 e. The molecule has 190 valence electrons. The van der Waals surface area contributed by atoms with Gasteiger partial charge in [0, 0.05) is 21.7 Å². The molecule has 0 N–H and O–H groups in total. The summed E-state index contributed by atoms with van der Waals surface area (Å²) in [6.07, 6.45) is 2.35. The average molecular weight is 640 g/mol. The predicted molar refractivity (Wildman–Crippen MR) is 136 cm³/mol. The van der Waals surface area contributed by atoms with Crippen molar-refractivity contribution < 1.29 is 21.6 Å². The van der Waals surface area contributed by atoms with Gasteiger partial charge in [-0.3, -0.25) is 0 Å². The van der Waals surface area contributed by atoms with Crippen LogP contribution in [0.25, 0.3) is 16.4 Å². The third-order valence-electron chi connectivity index (χ3n) is 6.12. The van der Waals surface area contributed by atoms with Gasteiger partial charge in [0.2, 0.25) is 0 Å². The Morgan fingerprint density at radius 1 is 1.22 bits per heavy atom. The zero-order valence-corrected chi connectivity index (χ0v) is 23.1. The number of hydrogen-bond acceptors (Lipinski definition) is 6. The van der Waals surface area contributed by atoms with E-state index in [1.807, 2.05) is 12.2 Å². The Kier molecular flexibility index (Phi) is 6.43. The molecule has 1 atom stereocenters. The van der Waals surface area contributed by atoms with Gasteiger partial charge >= 0.3 is 6.18 Å². The lowest BCUT2D eigenvalue weighted by Gasteiger charge is -2.18. The quantitative estimate of drug-likeness (QED) is 0.300. The van der Waals surface area contributed by atoms with E-state index in [0.29, 0.717) is 34.2 Å². The number of allylic oxidation sites excluding steroid dienone is 4. The van der Waals surface area contributed by atoms with Crippen LogP contribution >= 0.6 is 50.5 Å². The van der Waals surface area contributed by atoms with E-state index in [4.69, 9.17) is 23.2 Å². The number of nitrogens with zero attached hydrogens (tertiary/aromatic N) is 4. The monoisotopic (exact) mass is 638 g/mol. The number of aromatic nitrogens is 4. The molecule has 6 nitrogen and oxygen atoms in total. The van der Waals surface area contributed by atoms with Crippen molar-refractivity contribution in [3.05, 3.63) is 61.7 Å². The summed E-state index contributed by atoms with van der Waals surface area (Å²) in [5.74, 6) is -0.415. The van der Waals surface area contributed by atoms with E-state index >= 15 is 0 Å². The molecule has 14 heteroatoms. The summed E-state index contributed by atoms with van der Waals surface area (Å²) in [5, 5.41) is 12.7. The molecule has 2 heterocycles. The molecule has 0 bridgehead atoms. The normalized spacial score (nSPS) is 19.4. The third kappa shape index (κ3) is 4.44. The van der Waals surface area contributed by atoms with Gasteiger partial charge < -0.3 is 0 Å². The van der Waals surface area contributed by atoms with Crippen LogP contribution in [0.2, 0.25) is 10.0 Å². The summed E-state index contributed by atoms with van der Waals surface area (Å²) in [4.78, 5) is -0.130. The summed E-state index contributed by atoms with van der Waals surface area (Å²) in [6, 6.07) is 4.69. The van der Waals surface area contributed by atoms with Crippen molar-refractivity contribution >= 4 is 60.3 Å². The molecular formula is C22H16BrCl2F3N4O2S2. The predicted octanol–water partition coefficient (Wildman–Crippen LogP) is 7.02. The van der Waals surface area contributed by atoms with E-state index < -0.39 is 27.3 Å². The first-order chi connectivity index (χ1) is 16.8. The second kappa shape index (κ2) is 8.93. The summed E-state index contributed by atoms with van der Waals surface area (Å²) in [5.41, 5.74) is -1.42. The van der Waals surface area contributed by atoms with Crippen LogP contribution in [0.5, 0.6) is 0 Å². The fourth-order valence-corrected chi connectivity index (χ4v) is 7.24. The molecule has 5 rings (SSSR count). The molecule has 36 heavy (non-hydrogen) atoms. The standard InChI is InChI=1S/C22H16BrCl2F3N4O2S2/c1-36(33,34)18-16(19-29-30-20(35-19)21(8-9-21)22(26,27)28)31-32(15-7-6-13(24)10-14(15)25)17(18)11-2-4-12(23)5-3-11/h2,4-7,10-11H,3,8-9H2,1H3. The largest absolute Gasteiger partial charge is 0.400 e. The minimum Gasteiger partial charge on any atom is -0.234 e. The molecule has 1 fully saturated rings. The number of rotatable bonds is 5. The third-order valence-corrected chi connectivity index (χ3v) is 9.52. The molecular weight excluding hydrogens is 624 g/mol. The molecule has 0 aliphatic heterocycles. The second-order valence-electron chi connectivity index (χ2n) is 8.63. The van der Waals surface area contributed by atoms with Gasteiger partial charge in [-0.2, -0.15) is 18.3 Å². The van der Waals surface area contributed by atoms with Crippen molar-refractivity contribution in [2.75, 3.05) is 6.26 Å². The topological polar surface area (TPSA) is 77.7 Å². The highest BCUT2D eigenvalue weighted by atomic mass is 79.9. The van der Waals surface area contributed by atoms with Crippen LogP contribution in [0.4, 0.5) is 13.2 Å². The van der Waals surface area contributed by atoms with Gasteiger partial charge in [-0.25, -0.2) is 13.1 Å². The van der Waals surface area contributed by atoms with Crippen molar-refractivity contribution in [3.8, 4) is 16.4 Å². The van der Waals surface area contributed by atoms with Crippen molar-refractivity contribution in [1.29, 1.82) is 0 Å². The zero-order valence-electron chi connectivity index (χ0n) is 18.4. The SMILES string of the molecule is CS(=O)(=O)c1c(-c2nnc(C3(C(F)(F)F)CC3)s2)nn(-c2ccc(Cl)cc2Cl)c1C1C=CC(Br)=CC1. The lowest BCUT2D eigenvalue weighted by Crippen LogP contribution is -2.28. The average Bonchev–Trinajstić information content (AvgIpc) is 3.29. The Bertz CT molecular complexity index is 1540. The van der Waals surface area contributed by atoms with Crippen LogP contribution in [-0.4, -0.2) is 40.8 Å². The maximum absolute atomic E-state index is 13.7. The number of benzene rings is 1. The Labute approximate surface area is 226 Å². The van der Waals surface area contributed by atoms with Gasteiger partial charge in [-0.1, -0.05) is 68.7 Å². The molecule has 0 amide bonds. The van der Waals surface area contributed by atoms with Gasteiger partial charge in [0.05, 0.1) is 16.4 Å². The van der Waals surface area contributed by atoms with Gasteiger partial charge in [0.1, 0.15) is 21.0 Å². The van der Waals surface area contributed by atoms with E-state index in [-0.39, 0.29) is 38.5 Å². The first-order valence-corrected chi connectivity index (χ1v) is 14.8. The van der Waals surface area contributed by atoms with E-state index in [1.54, 1.807) is 18.2 Å². The minimum atomic E-state index is -4.47. The van der Waals surface area contributed by atoms with E-state index in [1.165, 1.54) is 10.7 Å². The Morgan fingerprint density at radius 2 is 1.94 bits per heavy atom. The van der Waals surface area contributed by atoms with Crippen LogP contribution in [-0.2, 0) is 15.3 Å². The van der Waals surface area contributed by atoms with Gasteiger partial charge in [-0.05, 0) is 37.5 Å². The molecule has 2 aliphatic carbocycles. The molecule has 2 aliphatic rings. The fraction of sp³-hybridized carbons (Fsp3) is 0.318. The molecule has 1 aromatic carbocycles. The van der Waals surface area contributed by atoms with E-state index in [9.17, 15) is 21.6 Å². The van der Waals surface area contributed by atoms with Gasteiger partial charge in [-0.15, -0.1) is 10.2 Å². The summed E-state index contributed by atoms with van der Waals surface area (Å²) < 4.78 is 69.6. The lowest BCUT2D eigenvalue weighted by molar-refractivity contribution is -0.160. The maximum Gasteiger partial charge on any atom is 0.400 e. The number of hydrogen-bond donors (Lipinski definition) is 0. The van der Waals surface area contributed by atoms with E-state index in [2.05, 4.69) is 31.2 Å². The number of halogens is 6. The molecule has 0 radical (unpaired) electrons. The Hall–Kier alpha value is -1.73. The molecule has 1 saturated carbocycles. The molecule has 3 aromatic rings. The number of alkyl halides is 3. The van der Waals surface area contributed by atoms with Crippen LogP contribution in [0.3, 0.4) is 0 Å². The van der Waals surface area contributed by atoms with Gasteiger partial charge in [0.25, 0.3) is 0 Å². The lowest BCUT2D eigenvalue weighted by atomic mass is 9.96. The van der Waals surface area contributed by atoms with Crippen LogP contribution < -0.4 is 0 Å².